The molecule has 11 heteroatoms. The highest BCUT2D eigenvalue weighted by atomic mass is 16.3. The maximum Gasteiger partial charge on any atom is 0.326 e. The van der Waals surface area contributed by atoms with Crippen LogP contribution in [-0.2, 0) is 6.54 Å². The number of carbonyl (C=O) groups excluding carboxylic acids is 1. The second-order valence-electron chi connectivity index (χ2n) is 6.38. The van der Waals surface area contributed by atoms with Gasteiger partial charge in [-0.05, 0) is 24.3 Å². The third kappa shape index (κ3) is 3.22. The SMILES string of the molecule is O=C(Nc1ccccc1)Nc1nc2nn(CCO)cc2c2nc(-c3ccco3)nn12. The first-order valence-corrected chi connectivity index (χ1v) is 9.13. The number of para-hydroxylation sites is 1. The van der Waals surface area contributed by atoms with Gasteiger partial charge in [0, 0.05) is 11.9 Å². The van der Waals surface area contributed by atoms with Crippen LogP contribution in [0.4, 0.5) is 16.4 Å². The van der Waals surface area contributed by atoms with Gasteiger partial charge in [-0.1, -0.05) is 18.2 Å². The number of hydrogen-bond donors (Lipinski definition) is 3. The summed E-state index contributed by atoms with van der Waals surface area (Å²) in [5, 5.41) is 24.1. The van der Waals surface area contributed by atoms with E-state index in [9.17, 15) is 9.90 Å². The Hall–Kier alpha value is -4.25. The minimum absolute atomic E-state index is 0.0702. The van der Waals surface area contributed by atoms with Gasteiger partial charge in [-0.15, -0.1) is 5.10 Å². The molecule has 150 valence electrons. The van der Waals surface area contributed by atoms with E-state index in [1.165, 1.54) is 10.8 Å². The van der Waals surface area contributed by atoms with Crippen molar-refractivity contribution in [3.63, 3.8) is 0 Å². The van der Waals surface area contributed by atoms with Gasteiger partial charge in [0.2, 0.25) is 11.8 Å². The van der Waals surface area contributed by atoms with Crippen molar-refractivity contribution in [2.45, 2.75) is 6.54 Å². The Balaban J connectivity index is 1.59. The Morgan fingerprint density at radius 2 is 1.93 bits per heavy atom. The summed E-state index contributed by atoms with van der Waals surface area (Å²) in [4.78, 5) is 21.5. The molecule has 1 aromatic carbocycles. The second-order valence-corrected chi connectivity index (χ2v) is 6.38. The molecule has 0 radical (unpaired) electrons. The summed E-state index contributed by atoms with van der Waals surface area (Å²) in [5.74, 6) is 0.968. The van der Waals surface area contributed by atoms with E-state index in [4.69, 9.17) is 4.42 Å². The number of aromatic nitrogens is 6. The van der Waals surface area contributed by atoms with Crippen LogP contribution in [0.3, 0.4) is 0 Å². The molecule has 0 unspecified atom stereocenters. The van der Waals surface area contributed by atoms with E-state index in [1.54, 1.807) is 35.1 Å². The van der Waals surface area contributed by atoms with Gasteiger partial charge in [-0.2, -0.15) is 14.6 Å². The van der Waals surface area contributed by atoms with Gasteiger partial charge in [0.05, 0.1) is 24.8 Å². The second kappa shape index (κ2) is 7.29. The van der Waals surface area contributed by atoms with Crippen LogP contribution in [0.15, 0.2) is 59.3 Å². The number of urea groups is 1. The normalized spacial score (nSPS) is 11.2. The number of benzene rings is 1. The summed E-state index contributed by atoms with van der Waals surface area (Å²) in [7, 11) is 0. The van der Waals surface area contributed by atoms with Gasteiger partial charge in [0.15, 0.2) is 17.1 Å². The van der Waals surface area contributed by atoms with E-state index in [1.807, 2.05) is 18.2 Å². The first-order valence-electron chi connectivity index (χ1n) is 9.13. The Morgan fingerprint density at radius 3 is 2.70 bits per heavy atom. The van der Waals surface area contributed by atoms with Crippen molar-refractivity contribution >= 4 is 34.3 Å². The molecule has 0 spiro atoms. The largest absolute Gasteiger partial charge is 0.461 e. The molecule has 0 fully saturated rings. The van der Waals surface area contributed by atoms with Gasteiger partial charge >= 0.3 is 6.03 Å². The fraction of sp³-hybridized carbons (Fsp3) is 0.105. The maximum absolute atomic E-state index is 12.5. The molecule has 3 N–H and O–H groups in total. The average molecular weight is 404 g/mol. The summed E-state index contributed by atoms with van der Waals surface area (Å²) < 4.78 is 8.38. The number of aliphatic hydroxyl groups excluding tert-OH is 1. The van der Waals surface area contributed by atoms with Crippen molar-refractivity contribution in [3.8, 4) is 11.6 Å². The highest BCUT2D eigenvalue weighted by Crippen LogP contribution is 2.24. The molecule has 4 heterocycles. The van der Waals surface area contributed by atoms with E-state index < -0.39 is 6.03 Å². The van der Waals surface area contributed by atoms with Gasteiger partial charge in [0.1, 0.15) is 0 Å². The lowest BCUT2D eigenvalue weighted by atomic mass is 10.3. The molecular formula is C19H16N8O3. The lowest BCUT2D eigenvalue weighted by Crippen LogP contribution is -2.22. The third-order valence-electron chi connectivity index (χ3n) is 4.33. The Labute approximate surface area is 169 Å². The van der Waals surface area contributed by atoms with Gasteiger partial charge < -0.3 is 14.8 Å². The minimum atomic E-state index is -0.487. The minimum Gasteiger partial charge on any atom is -0.461 e. The van der Waals surface area contributed by atoms with Crippen LogP contribution in [0.2, 0.25) is 0 Å². The first-order chi connectivity index (χ1) is 14.7. The number of amides is 2. The Morgan fingerprint density at radius 1 is 1.07 bits per heavy atom. The fourth-order valence-electron chi connectivity index (χ4n) is 3.03. The monoisotopic (exact) mass is 404 g/mol. The van der Waals surface area contributed by atoms with Gasteiger partial charge in [-0.3, -0.25) is 10.00 Å². The van der Waals surface area contributed by atoms with E-state index in [0.717, 1.165) is 0 Å². The highest BCUT2D eigenvalue weighted by Gasteiger charge is 2.19. The van der Waals surface area contributed by atoms with Crippen molar-refractivity contribution in [2.75, 3.05) is 17.2 Å². The van der Waals surface area contributed by atoms with E-state index in [0.29, 0.717) is 40.5 Å². The predicted molar refractivity (Wildman–Crippen MR) is 108 cm³/mol. The number of carbonyl (C=O) groups is 1. The molecule has 11 nitrogen and oxygen atoms in total. The Kier molecular flexibility index (Phi) is 4.33. The van der Waals surface area contributed by atoms with Crippen LogP contribution < -0.4 is 10.6 Å². The molecule has 30 heavy (non-hydrogen) atoms. The van der Waals surface area contributed by atoms with Crippen LogP contribution in [0.5, 0.6) is 0 Å². The zero-order chi connectivity index (χ0) is 20.5. The maximum atomic E-state index is 12.5. The van der Waals surface area contributed by atoms with E-state index in [-0.39, 0.29) is 12.6 Å². The summed E-state index contributed by atoms with van der Waals surface area (Å²) >= 11 is 0. The van der Waals surface area contributed by atoms with Gasteiger partial charge in [0.25, 0.3) is 0 Å². The van der Waals surface area contributed by atoms with Crippen LogP contribution in [0.25, 0.3) is 28.3 Å². The molecule has 0 bridgehead atoms. The van der Waals surface area contributed by atoms with Crippen LogP contribution >= 0.6 is 0 Å². The standard InChI is InChI=1S/C19H16N8O3/c28-9-8-26-11-13-15(24-26)22-18(23-19(29)20-12-5-2-1-3-6-12)27-17(13)21-16(25-27)14-7-4-10-30-14/h1-7,10-11,28H,8-9H2,(H2,20,22,23,24,29). The summed E-state index contributed by atoms with van der Waals surface area (Å²) in [6.07, 6.45) is 3.25. The molecule has 5 rings (SSSR count). The number of rotatable bonds is 5. The lowest BCUT2D eigenvalue weighted by molar-refractivity contribution is 0.262. The molecule has 0 aliphatic carbocycles. The van der Waals surface area contributed by atoms with Crippen LogP contribution in [-0.4, -0.2) is 47.1 Å². The molecule has 0 aliphatic rings. The Bertz CT molecular complexity index is 1320. The number of furan rings is 1. The molecular weight excluding hydrogens is 388 g/mol. The third-order valence-corrected chi connectivity index (χ3v) is 4.33. The predicted octanol–water partition coefficient (Wildman–Crippen LogP) is 2.37. The summed E-state index contributed by atoms with van der Waals surface area (Å²) in [6, 6.07) is 12.0. The molecule has 0 saturated carbocycles. The zero-order valence-corrected chi connectivity index (χ0v) is 15.6. The van der Waals surface area contributed by atoms with Crippen molar-refractivity contribution in [1.82, 2.24) is 29.4 Å². The number of nitrogens with zero attached hydrogens (tertiary/aromatic N) is 6. The van der Waals surface area contributed by atoms with Crippen molar-refractivity contribution in [1.29, 1.82) is 0 Å². The highest BCUT2D eigenvalue weighted by molar-refractivity contribution is 6.00. The summed E-state index contributed by atoms with van der Waals surface area (Å²) in [6.45, 7) is 0.234. The molecule has 0 atom stereocenters. The van der Waals surface area contributed by atoms with Gasteiger partial charge in [-0.25, -0.2) is 9.78 Å². The van der Waals surface area contributed by atoms with E-state index in [2.05, 4.69) is 30.8 Å². The molecule has 0 aliphatic heterocycles. The average Bonchev–Trinajstić information content (AvgIpc) is 3.47. The lowest BCUT2D eigenvalue weighted by Gasteiger charge is -2.07. The van der Waals surface area contributed by atoms with Crippen LogP contribution in [0, 0.1) is 0 Å². The van der Waals surface area contributed by atoms with Crippen molar-refractivity contribution in [2.24, 2.45) is 0 Å². The molecule has 5 aromatic rings. The smallest absolute Gasteiger partial charge is 0.326 e. The first kappa shape index (κ1) is 17.8. The molecule has 2 amide bonds. The number of hydrogen-bond acceptors (Lipinski definition) is 7. The number of fused-ring (bicyclic) bond motifs is 3. The summed E-state index contributed by atoms with van der Waals surface area (Å²) in [5.41, 5.74) is 1.45. The fourth-order valence-corrected chi connectivity index (χ4v) is 3.03. The van der Waals surface area contributed by atoms with Crippen molar-refractivity contribution < 1.29 is 14.3 Å². The number of anilines is 2. The van der Waals surface area contributed by atoms with Crippen molar-refractivity contribution in [3.05, 3.63) is 54.9 Å². The molecule has 4 aromatic heterocycles. The quantitative estimate of drug-likeness (QED) is 0.409. The zero-order valence-electron chi connectivity index (χ0n) is 15.6. The number of nitrogens with one attached hydrogen (secondary N) is 2. The van der Waals surface area contributed by atoms with Crippen LogP contribution in [0.1, 0.15) is 0 Å². The topological polar surface area (TPSA) is 135 Å². The van der Waals surface area contributed by atoms with E-state index >= 15 is 0 Å². The number of aliphatic hydroxyl groups is 1. The molecule has 0 saturated heterocycles.